The molecule has 0 spiro atoms. The van der Waals surface area contributed by atoms with Crippen LogP contribution < -0.4 is 10.6 Å². The molecule has 8 heteroatoms. The highest BCUT2D eigenvalue weighted by molar-refractivity contribution is 14.0. The largest absolute Gasteiger partial charge is 0.385 e. The average Bonchev–Trinajstić information content (AvgIpc) is 3.16. The van der Waals surface area contributed by atoms with Crippen LogP contribution in [0.25, 0.3) is 10.6 Å². The van der Waals surface area contributed by atoms with Crippen LogP contribution in [0.3, 0.4) is 0 Å². The van der Waals surface area contributed by atoms with Crippen LogP contribution in [0.4, 0.5) is 0 Å². The van der Waals surface area contributed by atoms with E-state index in [1.165, 1.54) is 0 Å². The molecule has 0 bridgehead atoms. The first kappa shape index (κ1) is 24.8. The maximum Gasteiger partial charge on any atom is 0.191 e. The van der Waals surface area contributed by atoms with Gasteiger partial charge in [0.2, 0.25) is 0 Å². The quantitative estimate of drug-likeness (QED) is 0.207. The molecule has 0 atom stereocenters. The Morgan fingerprint density at radius 3 is 2.71 bits per heavy atom. The molecule has 0 aliphatic carbocycles. The molecule has 0 unspecified atom stereocenters. The second kappa shape index (κ2) is 14.7. The Bertz CT molecular complexity index is 680. The number of ether oxygens (including phenoxy) is 1. The molecule has 0 saturated heterocycles. The molecule has 0 saturated carbocycles. The summed E-state index contributed by atoms with van der Waals surface area (Å²) in [6.45, 7) is 7.13. The third-order valence-electron chi connectivity index (χ3n) is 3.99. The molecule has 1 aromatic heterocycles. The SMILES string of the molecule is CCNC(=NCc1csc(-c2ccccc2)n1)NCCN(C)CCCOC.I. The second-order valence-corrected chi connectivity index (χ2v) is 7.14. The van der Waals surface area contributed by atoms with Gasteiger partial charge in [-0.3, -0.25) is 0 Å². The maximum atomic E-state index is 5.09. The first-order valence-corrected chi connectivity index (χ1v) is 10.3. The lowest BCUT2D eigenvalue weighted by Gasteiger charge is -2.18. The van der Waals surface area contributed by atoms with Crippen molar-refractivity contribution < 1.29 is 4.74 Å². The van der Waals surface area contributed by atoms with Crippen LogP contribution in [-0.4, -0.2) is 62.8 Å². The predicted octanol–water partition coefficient (Wildman–Crippen LogP) is 3.45. The van der Waals surface area contributed by atoms with Crippen molar-refractivity contribution in [1.82, 2.24) is 20.5 Å². The number of likely N-dealkylation sites (N-methyl/N-ethyl adjacent to an activating group) is 1. The van der Waals surface area contributed by atoms with Gasteiger partial charge in [0.15, 0.2) is 5.96 Å². The third-order valence-corrected chi connectivity index (χ3v) is 4.93. The van der Waals surface area contributed by atoms with Crippen molar-refractivity contribution in [2.24, 2.45) is 4.99 Å². The normalized spacial score (nSPS) is 11.4. The molecule has 0 aliphatic rings. The molecule has 2 N–H and O–H groups in total. The number of hydrogen-bond donors (Lipinski definition) is 2. The number of aromatic nitrogens is 1. The standard InChI is InChI=1S/C20H31N5OS.HI/c1-4-21-20(22-11-13-25(2)12-8-14-26-3)23-15-18-16-27-19(24-18)17-9-6-5-7-10-17;/h5-7,9-10,16H,4,8,11-15H2,1-3H3,(H2,21,22,23);1H. The highest BCUT2D eigenvalue weighted by Gasteiger charge is 2.05. The fourth-order valence-corrected chi connectivity index (χ4v) is 3.37. The summed E-state index contributed by atoms with van der Waals surface area (Å²) < 4.78 is 5.09. The van der Waals surface area contributed by atoms with Crippen LogP contribution in [0.1, 0.15) is 19.0 Å². The molecule has 0 amide bonds. The molecule has 1 aromatic carbocycles. The molecular formula is C20H32IN5OS. The Kier molecular flexibility index (Phi) is 13.0. The zero-order valence-electron chi connectivity index (χ0n) is 17.0. The number of hydrogen-bond acceptors (Lipinski definition) is 5. The molecule has 2 rings (SSSR count). The number of nitrogens with zero attached hydrogens (tertiary/aromatic N) is 3. The van der Waals surface area contributed by atoms with Gasteiger partial charge in [0, 0.05) is 50.8 Å². The molecule has 1 heterocycles. The number of rotatable bonds is 11. The number of thiazole rings is 1. The third kappa shape index (κ3) is 9.31. The lowest BCUT2D eigenvalue weighted by atomic mass is 10.2. The van der Waals surface area contributed by atoms with E-state index in [4.69, 9.17) is 9.72 Å². The second-order valence-electron chi connectivity index (χ2n) is 6.28. The van der Waals surface area contributed by atoms with Gasteiger partial charge in [0.05, 0.1) is 12.2 Å². The Labute approximate surface area is 189 Å². The maximum absolute atomic E-state index is 5.09. The predicted molar refractivity (Wildman–Crippen MR) is 130 cm³/mol. The fourth-order valence-electron chi connectivity index (χ4n) is 2.55. The van der Waals surface area contributed by atoms with E-state index in [0.29, 0.717) is 6.54 Å². The summed E-state index contributed by atoms with van der Waals surface area (Å²) >= 11 is 1.66. The molecule has 6 nitrogen and oxygen atoms in total. The number of guanidine groups is 1. The van der Waals surface area contributed by atoms with Crippen molar-refractivity contribution in [3.05, 3.63) is 41.4 Å². The van der Waals surface area contributed by atoms with E-state index < -0.39 is 0 Å². The first-order valence-electron chi connectivity index (χ1n) is 9.42. The van der Waals surface area contributed by atoms with Crippen molar-refractivity contribution in [1.29, 1.82) is 0 Å². The number of aliphatic imine (C=N–C) groups is 1. The summed E-state index contributed by atoms with van der Waals surface area (Å²) in [6, 6.07) is 10.3. The highest BCUT2D eigenvalue weighted by Crippen LogP contribution is 2.23. The Morgan fingerprint density at radius 2 is 2.00 bits per heavy atom. The summed E-state index contributed by atoms with van der Waals surface area (Å²) in [5.41, 5.74) is 2.15. The summed E-state index contributed by atoms with van der Waals surface area (Å²) in [5.74, 6) is 0.831. The van der Waals surface area contributed by atoms with Gasteiger partial charge < -0.3 is 20.3 Å². The van der Waals surface area contributed by atoms with E-state index in [0.717, 1.165) is 61.4 Å². The van der Waals surface area contributed by atoms with Gasteiger partial charge >= 0.3 is 0 Å². The lowest BCUT2D eigenvalue weighted by Crippen LogP contribution is -2.41. The van der Waals surface area contributed by atoms with Crippen molar-refractivity contribution in [2.45, 2.75) is 19.9 Å². The molecule has 0 fully saturated rings. The van der Waals surface area contributed by atoms with E-state index in [1.807, 2.05) is 18.2 Å². The summed E-state index contributed by atoms with van der Waals surface area (Å²) in [6.07, 6.45) is 1.05. The van der Waals surface area contributed by atoms with Crippen LogP contribution in [0.5, 0.6) is 0 Å². The molecule has 0 radical (unpaired) electrons. The zero-order chi connectivity index (χ0) is 19.3. The van der Waals surface area contributed by atoms with Crippen molar-refractivity contribution in [3.63, 3.8) is 0 Å². The molecule has 156 valence electrons. The van der Waals surface area contributed by atoms with Gasteiger partial charge in [-0.2, -0.15) is 0 Å². The number of nitrogens with one attached hydrogen (secondary N) is 2. The average molecular weight is 517 g/mol. The van der Waals surface area contributed by atoms with E-state index in [2.05, 4.69) is 52.0 Å². The monoisotopic (exact) mass is 517 g/mol. The number of halogens is 1. The minimum atomic E-state index is 0. The van der Waals surface area contributed by atoms with Gasteiger partial charge in [-0.1, -0.05) is 30.3 Å². The van der Waals surface area contributed by atoms with E-state index in [-0.39, 0.29) is 24.0 Å². The first-order chi connectivity index (χ1) is 13.2. The van der Waals surface area contributed by atoms with Gasteiger partial charge in [-0.25, -0.2) is 9.98 Å². The molecule has 2 aromatic rings. The Balaban J connectivity index is 0.00000392. The van der Waals surface area contributed by atoms with Crippen LogP contribution in [0.15, 0.2) is 40.7 Å². The van der Waals surface area contributed by atoms with Crippen molar-refractivity contribution in [2.75, 3.05) is 46.9 Å². The molecular weight excluding hydrogens is 485 g/mol. The fraction of sp³-hybridized carbons (Fsp3) is 0.500. The summed E-state index contributed by atoms with van der Waals surface area (Å²) in [7, 11) is 3.87. The zero-order valence-corrected chi connectivity index (χ0v) is 20.1. The van der Waals surface area contributed by atoms with E-state index >= 15 is 0 Å². The van der Waals surface area contributed by atoms with Crippen LogP contribution >= 0.6 is 35.3 Å². The van der Waals surface area contributed by atoms with E-state index in [9.17, 15) is 0 Å². The van der Waals surface area contributed by atoms with Gasteiger partial charge in [0.25, 0.3) is 0 Å². The molecule has 0 aliphatic heterocycles. The van der Waals surface area contributed by atoms with Gasteiger partial charge in [-0.05, 0) is 20.4 Å². The topological polar surface area (TPSA) is 61.8 Å². The van der Waals surface area contributed by atoms with E-state index in [1.54, 1.807) is 18.4 Å². The van der Waals surface area contributed by atoms with Crippen LogP contribution in [-0.2, 0) is 11.3 Å². The minimum absolute atomic E-state index is 0. The van der Waals surface area contributed by atoms with Crippen LogP contribution in [0.2, 0.25) is 0 Å². The van der Waals surface area contributed by atoms with Crippen molar-refractivity contribution >= 4 is 41.3 Å². The minimum Gasteiger partial charge on any atom is -0.385 e. The highest BCUT2D eigenvalue weighted by atomic mass is 127. The smallest absolute Gasteiger partial charge is 0.191 e. The van der Waals surface area contributed by atoms with Crippen LogP contribution in [0, 0.1) is 0 Å². The van der Waals surface area contributed by atoms with Crippen molar-refractivity contribution in [3.8, 4) is 10.6 Å². The summed E-state index contributed by atoms with van der Waals surface area (Å²) in [5, 5.41) is 9.81. The Morgan fingerprint density at radius 1 is 1.21 bits per heavy atom. The Hall–Kier alpha value is -1.23. The lowest BCUT2D eigenvalue weighted by molar-refractivity contribution is 0.180. The number of benzene rings is 1. The summed E-state index contributed by atoms with van der Waals surface area (Å²) in [4.78, 5) is 11.7. The van der Waals surface area contributed by atoms with Gasteiger partial charge in [-0.15, -0.1) is 35.3 Å². The molecule has 28 heavy (non-hydrogen) atoms. The van der Waals surface area contributed by atoms with Gasteiger partial charge in [0.1, 0.15) is 5.01 Å². The number of methoxy groups -OCH3 is 1.